The van der Waals surface area contributed by atoms with Crippen LogP contribution in [0.15, 0.2) is 52.9 Å². The normalized spacial score (nSPS) is 15.6. The van der Waals surface area contributed by atoms with Gasteiger partial charge in [-0.15, -0.1) is 0 Å². The van der Waals surface area contributed by atoms with Crippen LogP contribution in [-0.4, -0.2) is 53.4 Å². The number of halogens is 1. The van der Waals surface area contributed by atoms with E-state index in [2.05, 4.69) is 4.90 Å². The fourth-order valence-corrected chi connectivity index (χ4v) is 4.39. The number of hydrogen-bond acceptors (Lipinski definition) is 7. The summed E-state index contributed by atoms with van der Waals surface area (Å²) in [5, 5.41) is 0.373. The first-order valence-electron chi connectivity index (χ1n) is 11.1. The van der Waals surface area contributed by atoms with Gasteiger partial charge in [0.25, 0.3) is 0 Å². The van der Waals surface area contributed by atoms with E-state index in [0.29, 0.717) is 59.0 Å². The van der Waals surface area contributed by atoms with Crippen LogP contribution < -0.4 is 14.4 Å². The van der Waals surface area contributed by atoms with Gasteiger partial charge in [0.05, 0.1) is 27.4 Å². The lowest BCUT2D eigenvalue weighted by molar-refractivity contribution is -0.128. The summed E-state index contributed by atoms with van der Waals surface area (Å²) >= 11 is 6.30. The number of carbonyl (C=O) groups excluding carboxylic acids is 1. The summed E-state index contributed by atoms with van der Waals surface area (Å²) in [5.74, 6) is 1.82. The molecule has 180 valence electrons. The number of hydrogen-bond donors (Lipinski definition) is 0. The number of morpholine rings is 1. The second-order valence-electron chi connectivity index (χ2n) is 7.79. The zero-order valence-corrected chi connectivity index (χ0v) is 20.3. The molecule has 1 unspecified atom stereocenters. The highest BCUT2D eigenvalue weighted by Gasteiger charge is 2.39. The molecule has 7 nitrogen and oxygen atoms in total. The lowest BCUT2D eigenvalue weighted by Gasteiger charge is -2.30. The largest absolute Gasteiger partial charge is 0.495 e. The van der Waals surface area contributed by atoms with Crippen molar-refractivity contribution in [1.29, 1.82) is 0 Å². The standard InChI is InChI=1S/C26H28ClNO6/c1-4-33-26(17-29,19-5-7-20(8-6-19)28-11-13-32-14-12-28)24-10-9-21(34-24)18-15-22(30-2)25(27)23(16-18)31-3/h5-10,15-17H,4,11-14H2,1-3H3. The molecule has 1 aromatic heterocycles. The molecule has 3 aromatic rings. The van der Waals surface area contributed by atoms with Crippen LogP contribution in [0.4, 0.5) is 5.69 Å². The van der Waals surface area contributed by atoms with Gasteiger partial charge in [0.1, 0.15) is 28.0 Å². The Hall–Kier alpha value is -3.00. The number of carbonyl (C=O) groups is 1. The van der Waals surface area contributed by atoms with Crippen molar-refractivity contribution in [3.05, 3.63) is 64.9 Å². The minimum Gasteiger partial charge on any atom is -0.495 e. The predicted molar refractivity (Wildman–Crippen MR) is 130 cm³/mol. The number of benzene rings is 2. The van der Waals surface area contributed by atoms with Crippen LogP contribution in [0.1, 0.15) is 18.2 Å². The van der Waals surface area contributed by atoms with Gasteiger partial charge in [-0.1, -0.05) is 23.7 Å². The van der Waals surface area contributed by atoms with Crippen LogP contribution in [0.3, 0.4) is 0 Å². The molecule has 34 heavy (non-hydrogen) atoms. The van der Waals surface area contributed by atoms with Crippen molar-refractivity contribution in [1.82, 2.24) is 0 Å². The van der Waals surface area contributed by atoms with Gasteiger partial charge in [-0.3, -0.25) is 4.79 Å². The second kappa shape index (κ2) is 10.5. The summed E-state index contributed by atoms with van der Waals surface area (Å²) < 4.78 is 28.4. The third kappa shape index (κ3) is 4.51. The maximum Gasteiger partial charge on any atom is 0.205 e. The summed E-state index contributed by atoms with van der Waals surface area (Å²) in [7, 11) is 3.07. The number of nitrogens with zero attached hydrogens (tertiary/aromatic N) is 1. The second-order valence-corrected chi connectivity index (χ2v) is 8.17. The monoisotopic (exact) mass is 485 g/mol. The highest BCUT2D eigenvalue weighted by atomic mass is 35.5. The molecule has 0 spiro atoms. The molecule has 0 aliphatic carbocycles. The fraction of sp³-hybridized carbons (Fsp3) is 0.346. The average Bonchev–Trinajstić information content (AvgIpc) is 3.39. The average molecular weight is 486 g/mol. The Morgan fingerprint density at radius 3 is 2.24 bits per heavy atom. The molecule has 0 bridgehead atoms. The van der Waals surface area contributed by atoms with Crippen LogP contribution in [-0.2, 0) is 19.9 Å². The first-order valence-corrected chi connectivity index (χ1v) is 11.5. The predicted octanol–water partition coefficient (Wildman–Crippen LogP) is 4.93. The molecule has 1 atom stereocenters. The molecular weight excluding hydrogens is 458 g/mol. The van der Waals surface area contributed by atoms with Crippen LogP contribution in [0, 0.1) is 0 Å². The summed E-state index contributed by atoms with van der Waals surface area (Å²) in [4.78, 5) is 14.8. The summed E-state index contributed by atoms with van der Waals surface area (Å²) in [5.41, 5.74) is 1.08. The molecular formula is C26H28ClNO6. The molecule has 2 aromatic carbocycles. The van der Waals surface area contributed by atoms with Crippen LogP contribution in [0.2, 0.25) is 5.02 Å². The quantitative estimate of drug-likeness (QED) is 0.398. The summed E-state index contributed by atoms with van der Waals surface area (Å²) in [6, 6.07) is 14.9. The number of anilines is 1. The van der Waals surface area contributed by atoms with Gasteiger partial charge >= 0.3 is 0 Å². The lowest BCUT2D eigenvalue weighted by atomic mass is 9.92. The Kier molecular flexibility index (Phi) is 7.46. The van der Waals surface area contributed by atoms with E-state index in [1.165, 1.54) is 14.2 Å². The third-order valence-corrected chi connectivity index (χ3v) is 6.29. The highest BCUT2D eigenvalue weighted by Crippen LogP contribution is 2.41. The molecule has 1 aliphatic heterocycles. The van der Waals surface area contributed by atoms with Crippen molar-refractivity contribution in [2.75, 3.05) is 52.0 Å². The van der Waals surface area contributed by atoms with Gasteiger partial charge in [-0.2, -0.15) is 0 Å². The van der Waals surface area contributed by atoms with E-state index in [9.17, 15) is 4.79 Å². The van der Waals surface area contributed by atoms with E-state index in [1.54, 1.807) is 24.3 Å². The van der Waals surface area contributed by atoms with Gasteiger partial charge in [-0.25, -0.2) is 0 Å². The van der Waals surface area contributed by atoms with Gasteiger partial charge in [0.15, 0.2) is 6.29 Å². The van der Waals surface area contributed by atoms with Crippen LogP contribution >= 0.6 is 11.6 Å². The Morgan fingerprint density at radius 2 is 1.68 bits per heavy atom. The van der Waals surface area contributed by atoms with Crippen molar-refractivity contribution in [3.63, 3.8) is 0 Å². The van der Waals surface area contributed by atoms with Crippen LogP contribution in [0.5, 0.6) is 11.5 Å². The van der Waals surface area contributed by atoms with Crippen LogP contribution in [0.25, 0.3) is 11.3 Å². The Morgan fingerprint density at radius 1 is 1.03 bits per heavy atom. The van der Waals surface area contributed by atoms with E-state index in [-0.39, 0.29) is 0 Å². The molecule has 0 amide bonds. The van der Waals surface area contributed by atoms with Gasteiger partial charge in [0.2, 0.25) is 5.60 Å². The molecule has 0 N–H and O–H groups in total. The van der Waals surface area contributed by atoms with E-state index < -0.39 is 5.60 Å². The molecule has 1 saturated heterocycles. The molecule has 2 heterocycles. The van der Waals surface area contributed by atoms with Crippen molar-refractivity contribution in [2.24, 2.45) is 0 Å². The lowest BCUT2D eigenvalue weighted by Crippen LogP contribution is -2.36. The smallest absolute Gasteiger partial charge is 0.205 e. The van der Waals surface area contributed by atoms with E-state index in [1.807, 2.05) is 31.2 Å². The van der Waals surface area contributed by atoms with Gasteiger partial charge < -0.3 is 28.3 Å². The summed E-state index contributed by atoms with van der Waals surface area (Å²) in [6.45, 7) is 5.24. The fourth-order valence-electron chi connectivity index (χ4n) is 4.13. The SMILES string of the molecule is CCOC(C=O)(c1ccc(N2CCOCC2)cc1)c1ccc(-c2cc(OC)c(Cl)c(OC)c2)o1. The maximum absolute atomic E-state index is 12.5. The van der Waals surface area contributed by atoms with Crippen molar-refractivity contribution >= 4 is 23.6 Å². The number of rotatable bonds is 9. The van der Waals surface area contributed by atoms with Crippen molar-refractivity contribution in [2.45, 2.75) is 12.5 Å². The first-order chi connectivity index (χ1) is 16.6. The summed E-state index contributed by atoms with van der Waals surface area (Å²) in [6.07, 6.45) is 0.784. The number of ether oxygens (including phenoxy) is 4. The maximum atomic E-state index is 12.5. The Balaban J connectivity index is 1.71. The number of aldehydes is 1. The Bertz CT molecular complexity index is 1100. The zero-order chi connectivity index (χ0) is 24.1. The topological polar surface area (TPSA) is 70.4 Å². The molecule has 1 fully saturated rings. The van der Waals surface area contributed by atoms with E-state index >= 15 is 0 Å². The Labute approximate surface area is 204 Å². The minimum atomic E-state index is -1.38. The molecule has 0 saturated carbocycles. The van der Waals surface area contributed by atoms with E-state index in [4.69, 9.17) is 35.0 Å². The van der Waals surface area contributed by atoms with Crippen molar-refractivity contribution < 1.29 is 28.2 Å². The van der Waals surface area contributed by atoms with Gasteiger partial charge in [0, 0.05) is 30.9 Å². The highest BCUT2D eigenvalue weighted by molar-refractivity contribution is 6.33. The third-order valence-electron chi connectivity index (χ3n) is 5.91. The number of methoxy groups -OCH3 is 2. The van der Waals surface area contributed by atoms with Crippen molar-refractivity contribution in [3.8, 4) is 22.8 Å². The van der Waals surface area contributed by atoms with E-state index in [0.717, 1.165) is 25.1 Å². The first kappa shape index (κ1) is 24.1. The van der Waals surface area contributed by atoms with Gasteiger partial charge in [-0.05, 0) is 48.9 Å². The molecule has 8 heteroatoms. The molecule has 1 aliphatic rings. The molecule has 0 radical (unpaired) electrons. The molecule has 4 rings (SSSR count). The number of furan rings is 1. The zero-order valence-electron chi connectivity index (χ0n) is 19.5. The minimum absolute atomic E-state index is 0.322.